The van der Waals surface area contributed by atoms with E-state index in [2.05, 4.69) is 10.3 Å². The number of halogens is 3. The molecule has 112 valence electrons. The molecule has 1 amide bonds. The Balaban J connectivity index is 3.04. The van der Waals surface area contributed by atoms with Gasteiger partial charge in [0.2, 0.25) is 0 Å². The van der Waals surface area contributed by atoms with Gasteiger partial charge in [0, 0.05) is 12.6 Å². The van der Waals surface area contributed by atoms with Crippen molar-refractivity contribution in [2.75, 3.05) is 11.9 Å². The van der Waals surface area contributed by atoms with Gasteiger partial charge >= 0.3 is 6.18 Å². The van der Waals surface area contributed by atoms with E-state index in [1.54, 1.807) is 0 Å². The number of hydrogen-bond acceptors (Lipinski definition) is 4. The van der Waals surface area contributed by atoms with E-state index in [0.717, 1.165) is 6.07 Å². The molecule has 20 heavy (non-hydrogen) atoms. The number of carbonyl (C=O) groups excluding carboxylic acids is 1. The Labute approximate surface area is 114 Å². The summed E-state index contributed by atoms with van der Waals surface area (Å²) in [5.74, 6) is -0.930. The Morgan fingerprint density at radius 3 is 2.45 bits per heavy atom. The molecule has 1 rings (SSSR count). The molecule has 0 radical (unpaired) electrons. The monoisotopic (exact) mass is 290 g/mol. The predicted octanol–water partition coefficient (Wildman–Crippen LogP) is 1.59. The molecule has 5 N–H and O–H groups in total. The first-order chi connectivity index (χ1) is 9.12. The summed E-state index contributed by atoms with van der Waals surface area (Å²) in [5.41, 5.74) is 9.70. The summed E-state index contributed by atoms with van der Waals surface area (Å²) in [6, 6.07) is 1.43. The van der Waals surface area contributed by atoms with Crippen molar-refractivity contribution in [1.82, 2.24) is 4.98 Å². The van der Waals surface area contributed by atoms with E-state index in [9.17, 15) is 18.0 Å². The highest BCUT2D eigenvalue weighted by atomic mass is 19.4. The number of nitrogens with zero attached hydrogens (tertiary/aromatic N) is 1. The van der Waals surface area contributed by atoms with Crippen LogP contribution in [0.4, 0.5) is 19.0 Å². The van der Waals surface area contributed by atoms with Crippen LogP contribution in [0.5, 0.6) is 0 Å². The lowest BCUT2D eigenvalue weighted by Gasteiger charge is -2.18. The number of pyridine rings is 1. The molecule has 5 nitrogen and oxygen atoms in total. The van der Waals surface area contributed by atoms with Crippen LogP contribution in [0.15, 0.2) is 12.1 Å². The first kappa shape index (κ1) is 16.2. The standard InChI is InChI=1S/C12H17F3N4O/c1-6(2)8(16)5-18-11-7(10(17)20)3-4-9(19-11)12(13,14)15/h3-4,6,8H,5,16H2,1-2H3,(H2,17,20)(H,18,19). The number of carbonyl (C=O) groups is 1. The van der Waals surface area contributed by atoms with Gasteiger partial charge in [0.1, 0.15) is 11.5 Å². The number of nitrogens with two attached hydrogens (primary N) is 2. The first-order valence-corrected chi connectivity index (χ1v) is 6.00. The van der Waals surface area contributed by atoms with Gasteiger partial charge in [-0.25, -0.2) is 4.98 Å². The largest absolute Gasteiger partial charge is 0.433 e. The molecule has 0 spiro atoms. The normalized spacial score (nSPS) is 13.3. The fraction of sp³-hybridized carbons (Fsp3) is 0.500. The van der Waals surface area contributed by atoms with Gasteiger partial charge in [0.25, 0.3) is 5.91 Å². The van der Waals surface area contributed by atoms with Crippen molar-refractivity contribution in [3.8, 4) is 0 Å². The molecule has 1 unspecified atom stereocenters. The second-order valence-electron chi connectivity index (χ2n) is 4.74. The summed E-state index contributed by atoms with van der Waals surface area (Å²) in [6.45, 7) is 3.94. The molecular weight excluding hydrogens is 273 g/mol. The molecule has 1 aromatic rings. The second kappa shape index (κ2) is 6.08. The van der Waals surface area contributed by atoms with Crippen LogP contribution in [0.2, 0.25) is 0 Å². The molecule has 1 heterocycles. The van der Waals surface area contributed by atoms with Gasteiger partial charge in [0.15, 0.2) is 0 Å². The molecule has 8 heteroatoms. The van der Waals surface area contributed by atoms with E-state index in [1.807, 2.05) is 13.8 Å². The molecule has 0 aliphatic carbocycles. The minimum Gasteiger partial charge on any atom is -0.368 e. The zero-order valence-electron chi connectivity index (χ0n) is 11.2. The molecule has 0 saturated heterocycles. The Morgan fingerprint density at radius 1 is 1.40 bits per heavy atom. The highest BCUT2D eigenvalue weighted by Crippen LogP contribution is 2.29. The van der Waals surface area contributed by atoms with Crippen molar-refractivity contribution in [2.24, 2.45) is 17.4 Å². The van der Waals surface area contributed by atoms with Crippen molar-refractivity contribution < 1.29 is 18.0 Å². The van der Waals surface area contributed by atoms with Crippen LogP contribution in [0.3, 0.4) is 0 Å². The van der Waals surface area contributed by atoms with Crippen molar-refractivity contribution in [1.29, 1.82) is 0 Å². The van der Waals surface area contributed by atoms with Crippen LogP contribution < -0.4 is 16.8 Å². The van der Waals surface area contributed by atoms with Gasteiger partial charge in [0.05, 0.1) is 5.56 Å². The number of primary amides is 1. The molecule has 0 aliphatic rings. The van der Waals surface area contributed by atoms with Crippen molar-refractivity contribution in [3.05, 3.63) is 23.4 Å². The average Bonchev–Trinajstić information content (AvgIpc) is 2.34. The van der Waals surface area contributed by atoms with Crippen LogP contribution in [0.25, 0.3) is 0 Å². The number of nitrogens with one attached hydrogen (secondary N) is 1. The van der Waals surface area contributed by atoms with E-state index in [4.69, 9.17) is 11.5 Å². The van der Waals surface area contributed by atoms with E-state index in [1.165, 1.54) is 0 Å². The lowest BCUT2D eigenvalue weighted by atomic mass is 10.1. The number of anilines is 1. The summed E-state index contributed by atoms with van der Waals surface area (Å²) in [6.07, 6.45) is -4.59. The van der Waals surface area contributed by atoms with Crippen molar-refractivity contribution >= 4 is 11.7 Å². The predicted molar refractivity (Wildman–Crippen MR) is 69.1 cm³/mol. The Kier molecular flexibility index (Phi) is 4.93. The van der Waals surface area contributed by atoms with Gasteiger partial charge < -0.3 is 16.8 Å². The highest BCUT2D eigenvalue weighted by Gasteiger charge is 2.33. The molecule has 0 aromatic carbocycles. The molecular formula is C12H17F3N4O. The third-order valence-corrected chi connectivity index (χ3v) is 2.81. The van der Waals surface area contributed by atoms with E-state index in [0.29, 0.717) is 6.07 Å². The van der Waals surface area contributed by atoms with E-state index < -0.39 is 17.8 Å². The molecule has 1 aromatic heterocycles. The van der Waals surface area contributed by atoms with E-state index in [-0.39, 0.29) is 29.9 Å². The third-order valence-electron chi connectivity index (χ3n) is 2.81. The van der Waals surface area contributed by atoms with Crippen molar-refractivity contribution in [2.45, 2.75) is 26.1 Å². The zero-order chi connectivity index (χ0) is 15.5. The maximum absolute atomic E-state index is 12.6. The third kappa shape index (κ3) is 4.09. The molecule has 0 saturated carbocycles. The average molecular weight is 290 g/mol. The Morgan fingerprint density at radius 2 is 2.00 bits per heavy atom. The smallest absolute Gasteiger partial charge is 0.368 e. The van der Waals surface area contributed by atoms with Crippen LogP contribution in [-0.2, 0) is 6.18 Å². The number of hydrogen-bond donors (Lipinski definition) is 3. The Bertz CT molecular complexity index is 488. The molecule has 0 bridgehead atoms. The minimum atomic E-state index is -4.59. The van der Waals surface area contributed by atoms with Gasteiger partial charge in [-0.1, -0.05) is 13.8 Å². The summed E-state index contributed by atoms with van der Waals surface area (Å²) in [4.78, 5) is 14.6. The lowest BCUT2D eigenvalue weighted by molar-refractivity contribution is -0.141. The Hall–Kier alpha value is -1.83. The lowest BCUT2D eigenvalue weighted by Crippen LogP contribution is -2.34. The minimum absolute atomic E-state index is 0.103. The topological polar surface area (TPSA) is 94.0 Å². The molecule has 0 aliphatic heterocycles. The van der Waals surface area contributed by atoms with Crippen LogP contribution in [0, 0.1) is 5.92 Å². The highest BCUT2D eigenvalue weighted by molar-refractivity contribution is 5.97. The van der Waals surface area contributed by atoms with Gasteiger partial charge in [-0.05, 0) is 18.1 Å². The maximum atomic E-state index is 12.6. The number of rotatable bonds is 5. The zero-order valence-corrected chi connectivity index (χ0v) is 11.2. The van der Waals surface area contributed by atoms with E-state index >= 15 is 0 Å². The van der Waals surface area contributed by atoms with Crippen LogP contribution >= 0.6 is 0 Å². The first-order valence-electron chi connectivity index (χ1n) is 6.00. The van der Waals surface area contributed by atoms with Crippen LogP contribution in [-0.4, -0.2) is 23.5 Å². The summed E-state index contributed by atoms with van der Waals surface area (Å²) in [5, 5.41) is 2.65. The second-order valence-corrected chi connectivity index (χ2v) is 4.74. The fourth-order valence-corrected chi connectivity index (χ4v) is 1.40. The summed E-state index contributed by atoms with van der Waals surface area (Å²) < 4.78 is 37.8. The SMILES string of the molecule is CC(C)C(N)CNc1nc(C(F)(F)F)ccc1C(N)=O. The fourth-order valence-electron chi connectivity index (χ4n) is 1.40. The summed E-state index contributed by atoms with van der Waals surface area (Å²) in [7, 11) is 0. The summed E-state index contributed by atoms with van der Waals surface area (Å²) >= 11 is 0. The van der Waals surface area contributed by atoms with Gasteiger partial charge in [-0.2, -0.15) is 13.2 Å². The number of aromatic nitrogens is 1. The van der Waals surface area contributed by atoms with Gasteiger partial charge in [-0.3, -0.25) is 4.79 Å². The quantitative estimate of drug-likeness (QED) is 0.767. The van der Waals surface area contributed by atoms with Crippen LogP contribution in [0.1, 0.15) is 29.9 Å². The molecule has 0 fully saturated rings. The van der Waals surface area contributed by atoms with Gasteiger partial charge in [-0.15, -0.1) is 0 Å². The van der Waals surface area contributed by atoms with Crippen molar-refractivity contribution in [3.63, 3.8) is 0 Å². The maximum Gasteiger partial charge on any atom is 0.433 e. The molecule has 1 atom stereocenters. The number of alkyl halides is 3. The number of amides is 1.